The van der Waals surface area contributed by atoms with E-state index in [1.807, 2.05) is 0 Å². The molecule has 0 aliphatic heterocycles. The summed E-state index contributed by atoms with van der Waals surface area (Å²) in [4.78, 5) is 24.3. The van der Waals surface area contributed by atoms with E-state index < -0.39 is 24.5 Å². The van der Waals surface area contributed by atoms with E-state index in [0.717, 1.165) is 0 Å². The fourth-order valence-electron chi connectivity index (χ4n) is 2.18. The Balaban J connectivity index is 1.94. The lowest BCUT2D eigenvalue weighted by atomic mass is 10.2. The summed E-state index contributed by atoms with van der Waals surface area (Å²) in [6, 6.07) is 11.8. The summed E-state index contributed by atoms with van der Waals surface area (Å²) in [7, 11) is 0. The molecule has 0 spiro atoms. The van der Waals surface area contributed by atoms with E-state index in [9.17, 15) is 18.4 Å². The molecule has 8 heteroatoms. The fraction of sp³-hybridized carbons (Fsp3) is 0.222. The Bertz CT molecular complexity index is 787. The number of carbonyl (C=O) groups excluding carboxylic acids is 2. The van der Waals surface area contributed by atoms with Gasteiger partial charge in [0.2, 0.25) is 5.91 Å². The van der Waals surface area contributed by atoms with Gasteiger partial charge in [-0.2, -0.15) is 8.78 Å². The molecule has 2 aromatic rings. The van der Waals surface area contributed by atoms with Crippen molar-refractivity contribution in [3.05, 3.63) is 64.7 Å². The van der Waals surface area contributed by atoms with Gasteiger partial charge < -0.3 is 15.4 Å². The zero-order valence-electron chi connectivity index (χ0n) is 13.8. The van der Waals surface area contributed by atoms with Crippen LogP contribution in [0.4, 0.5) is 8.78 Å². The maximum absolute atomic E-state index is 12.4. The van der Waals surface area contributed by atoms with Crippen molar-refractivity contribution >= 4 is 23.4 Å². The van der Waals surface area contributed by atoms with Gasteiger partial charge in [0.15, 0.2) is 0 Å². The highest BCUT2D eigenvalue weighted by Gasteiger charge is 2.18. The summed E-state index contributed by atoms with van der Waals surface area (Å²) in [5.41, 5.74) is 0.648. The van der Waals surface area contributed by atoms with Crippen LogP contribution in [0.1, 0.15) is 22.8 Å². The van der Waals surface area contributed by atoms with Crippen LogP contribution in [0.15, 0.2) is 48.5 Å². The maximum atomic E-state index is 12.4. The predicted molar refractivity (Wildman–Crippen MR) is 93.3 cm³/mol. The number of nitrogens with one attached hydrogen (secondary N) is 2. The molecular weight excluding hydrogens is 366 g/mol. The molecule has 5 nitrogen and oxygen atoms in total. The summed E-state index contributed by atoms with van der Waals surface area (Å²) < 4.78 is 29.2. The summed E-state index contributed by atoms with van der Waals surface area (Å²) in [6.07, 6.45) is 0. The second kappa shape index (κ2) is 9.15. The molecule has 0 fully saturated rings. The van der Waals surface area contributed by atoms with Gasteiger partial charge in [-0.05, 0) is 25.1 Å². The van der Waals surface area contributed by atoms with E-state index >= 15 is 0 Å². The highest BCUT2D eigenvalue weighted by atomic mass is 35.5. The number of rotatable bonds is 7. The molecule has 0 aliphatic rings. The standard InChI is InChI=1S/C18H17ClF2N2O3/c1-11(23-17(25)13-7-3-4-8-14(13)19)16(24)22-10-12-6-2-5-9-15(12)26-18(20)21/h2-9,11,18H,10H2,1H3,(H,22,24)(H,23,25)/t11-/m0/s1. The predicted octanol–water partition coefficient (Wildman–Crippen LogP) is 3.38. The molecule has 0 heterocycles. The van der Waals surface area contributed by atoms with Gasteiger partial charge in [0, 0.05) is 12.1 Å². The molecule has 0 aliphatic carbocycles. The van der Waals surface area contributed by atoms with Crippen molar-refractivity contribution in [1.29, 1.82) is 0 Å². The van der Waals surface area contributed by atoms with Crippen molar-refractivity contribution < 1.29 is 23.1 Å². The number of hydrogen-bond acceptors (Lipinski definition) is 3. The summed E-state index contributed by atoms with van der Waals surface area (Å²) in [5.74, 6) is -0.979. The molecule has 0 unspecified atom stereocenters. The molecule has 138 valence electrons. The van der Waals surface area contributed by atoms with Crippen molar-refractivity contribution in [2.75, 3.05) is 0 Å². The largest absolute Gasteiger partial charge is 0.434 e. The van der Waals surface area contributed by atoms with Gasteiger partial charge in [-0.25, -0.2) is 0 Å². The zero-order valence-corrected chi connectivity index (χ0v) is 14.6. The summed E-state index contributed by atoms with van der Waals surface area (Å²) in [5, 5.41) is 5.38. The van der Waals surface area contributed by atoms with Crippen LogP contribution in [0.2, 0.25) is 5.02 Å². The van der Waals surface area contributed by atoms with E-state index in [1.165, 1.54) is 13.0 Å². The minimum atomic E-state index is -2.96. The van der Waals surface area contributed by atoms with Crippen LogP contribution >= 0.6 is 11.6 Å². The van der Waals surface area contributed by atoms with Crippen molar-refractivity contribution in [2.45, 2.75) is 26.1 Å². The van der Waals surface area contributed by atoms with Gasteiger partial charge in [0.05, 0.1) is 10.6 Å². The molecule has 1 atom stereocenters. The Labute approximate surface area is 154 Å². The minimum Gasteiger partial charge on any atom is -0.434 e. The lowest BCUT2D eigenvalue weighted by Crippen LogP contribution is -2.44. The molecule has 0 radical (unpaired) electrons. The Morgan fingerprint density at radius 1 is 1.12 bits per heavy atom. The fourth-order valence-corrected chi connectivity index (χ4v) is 2.40. The van der Waals surface area contributed by atoms with E-state index in [-0.39, 0.29) is 22.9 Å². The number of carbonyl (C=O) groups is 2. The smallest absolute Gasteiger partial charge is 0.387 e. The molecule has 2 N–H and O–H groups in total. The first-order valence-corrected chi connectivity index (χ1v) is 8.12. The Morgan fingerprint density at radius 3 is 2.46 bits per heavy atom. The third-order valence-corrected chi connectivity index (χ3v) is 3.83. The molecule has 0 bridgehead atoms. The van der Waals surface area contributed by atoms with Gasteiger partial charge in [0.25, 0.3) is 5.91 Å². The quantitative estimate of drug-likeness (QED) is 0.771. The van der Waals surface area contributed by atoms with E-state index in [4.69, 9.17) is 11.6 Å². The molecule has 0 saturated heterocycles. The summed E-state index contributed by atoms with van der Waals surface area (Å²) >= 11 is 5.95. The van der Waals surface area contributed by atoms with E-state index in [0.29, 0.717) is 5.56 Å². The lowest BCUT2D eigenvalue weighted by molar-refractivity contribution is -0.122. The van der Waals surface area contributed by atoms with Gasteiger partial charge in [-0.1, -0.05) is 41.9 Å². The van der Waals surface area contributed by atoms with Crippen LogP contribution in [0.5, 0.6) is 5.75 Å². The number of alkyl halides is 2. The number of ether oxygens (including phenoxy) is 1. The van der Waals surface area contributed by atoms with Gasteiger partial charge in [-0.3, -0.25) is 9.59 Å². The number of hydrogen-bond donors (Lipinski definition) is 2. The highest BCUT2D eigenvalue weighted by molar-refractivity contribution is 6.33. The van der Waals surface area contributed by atoms with Crippen LogP contribution in [-0.4, -0.2) is 24.5 Å². The van der Waals surface area contributed by atoms with Crippen molar-refractivity contribution in [1.82, 2.24) is 10.6 Å². The van der Waals surface area contributed by atoms with Crippen LogP contribution in [0, 0.1) is 0 Å². The highest BCUT2D eigenvalue weighted by Crippen LogP contribution is 2.20. The van der Waals surface area contributed by atoms with Gasteiger partial charge in [0.1, 0.15) is 11.8 Å². The van der Waals surface area contributed by atoms with Crippen molar-refractivity contribution in [3.8, 4) is 5.75 Å². The van der Waals surface area contributed by atoms with E-state index in [2.05, 4.69) is 15.4 Å². The van der Waals surface area contributed by atoms with Crippen LogP contribution in [0.3, 0.4) is 0 Å². The van der Waals surface area contributed by atoms with Gasteiger partial charge >= 0.3 is 6.61 Å². The van der Waals surface area contributed by atoms with E-state index in [1.54, 1.807) is 42.5 Å². The monoisotopic (exact) mass is 382 g/mol. The first-order chi connectivity index (χ1) is 12.4. The number of halogens is 3. The maximum Gasteiger partial charge on any atom is 0.387 e. The average molecular weight is 383 g/mol. The molecule has 0 saturated carbocycles. The lowest BCUT2D eigenvalue weighted by Gasteiger charge is -2.16. The SMILES string of the molecule is C[C@H](NC(=O)c1ccccc1Cl)C(=O)NCc1ccccc1OC(F)F. The minimum absolute atomic E-state index is 0.0180. The second-order valence-corrected chi connectivity index (χ2v) is 5.79. The first kappa shape index (κ1) is 19.7. The molecule has 2 aromatic carbocycles. The van der Waals surface area contributed by atoms with Crippen LogP contribution in [0.25, 0.3) is 0 Å². The van der Waals surface area contributed by atoms with Crippen molar-refractivity contribution in [3.63, 3.8) is 0 Å². The van der Waals surface area contributed by atoms with Crippen LogP contribution in [-0.2, 0) is 11.3 Å². The second-order valence-electron chi connectivity index (χ2n) is 5.38. The molecular formula is C18H17ClF2N2O3. The molecule has 2 rings (SSSR count). The van der Waals surface area contributed by atoms with Crippen molar-refractivity contribution in [2.24, 2.45) is 0 Å². The molecule has 2 amide bonds. The Hall–Kier alpha value is -2.67. The molecule has 0 aromatic heterocycles. The Morgan fingerprint density at radius 2 is 1.77 bits per heavy atom. The van der Waals surface area contributed by atoms with Gasteiger partial charge in [-0.15, -0.1) is 0 Å². The third kappa shape index (κ3) is 5.42. The summed E-state index contributed by atoms with van der Waals surface area (Å²) in [6.45, 7) is -1.47. The first-order valence-electron chi connectivity index (χ1n) is 7.74. The van der Waals surface area contributed by atoms with Crippen LogP contribution < -0.4 is 15.4 Å². The third-order valence-electron chi connectivity index (χ3n) is 3.50. The topological polar surface area (TPSA) is 67.4 Å². The number of para-hydroxylation sites is 1. The zero-order chi connectivity index (χ0) is 19.1. The Kier molecular flexibility index (Phi) is 6.91. The average Bonchev–Trinajstić information content (AvgIpc) is 2.60. The number of benzene rings is 2. The number of amides is 2. The molecule has 26 heavy (non-hydrogen) atoms. The normalized spacial score (nSPS) is 11.7.